The fourth-order valence-electron chi connectivity index (χ4n) is 3.04. The molecule has 3 unspecified atom stereocenters. The molecule has 3 atom stereocenters. The largest absolute Gasteiger partial charge is 0.376 e. The summed E-state index contributed by atoms with van der Waals surface area (Å²) in [6, 6.07) is 1.45. The van der Waals surface area contributed by atoms with Gasteiger partial charge in [0.1, 0.15) is 0 Å². The van der Waals surface area contributed by atoms with Crippen LogP contribution < -0.4 is 5.32 Å². The van der Waals surface area contributed by atoms with Gasteiger partial charge in [0.15, 0.2) is 0 Å². The van der Waals surface area contributed by atoms with Crippen molar-refractivity contribution < 1.29 is 4.74 Å². The maximum absolute atomic E-state index is 5.87. The first-order valence-electron chi connectivity index (χ1n) is 6.76. The molecule has 0 amide bonds. The summed E-state index contributed by atoms with van der Waals surface area (Å²) < 4.78 is 5.87. The zero-order chi connectivity index (χ0) is 10.3. The molecule has 0 radical (unpaired) electrons. The van der Waals surface area contributed by atoms with Gasteiger partial charge >= 0.3 is 0 Å². The van der Waals surface area contributed by atoms with E-state index in [1.807, 2.05) is 0 Å². The zero-order valence-electron chi connectivity index (χ0n) is 9.74. The normalized spacial score (nSPS) is 38.2. The lowest BCUT2D eigenvalue weighted by molar-refractivity contribution is 0.0780. The molecule has 86 valence electrons. The smallest absolute Gasteiger partial charge is 0.0757 e. The lowest BCUT2D eigenvalue weighted by atomic mass is 10.0. The molecule has 3 aliphatic rings. The van der Waals surface area contributed by atoms with Gasteiger partial charge in [-0.2, -0.15) is 0 Å². The van der Waals surface area contributed by atoms with Crippen LogP contribution in [0.15, 0.2) is 0 Å². The van der Waals surface area contributed by atoms with Crippen LogP contribution in [0.2, 0.25) is 0 Å². The number of nitrogens with one attached hydrogen (secondary N) is 1. The molecular formula is C13H23NO. The van der Waals surface area contributed by atoms with Crippen LogP contribution in [0, 0.1) is 11.8 Å². The highest BCUT2D eigenvalue weighted by molar-refractivity contribution is 4.96. The van der Waals surface area contributed by atoms with Crippen molar-refractivity contribution in [3.8, 4) is 0 Å². The van der Waals surface area contributed by atoms with Crippen LogP contribution in [0.25, 0.3) is 0 Å². The van der Waals surface area contributed by atoms with Gasteiger partial charge in [-0.25, -0.2) is 0 Å². The summed E-state index contributed by atoms with van der Waals surface area (Å²) in [5, 5.41) is 3.87. The van der Waals surface area contributed by atoms with Gasteiger partial charge in [0.05, 0.1) is 6.10 Å². The second-order valence-electron chi connectivity index (χ2n) is 5.59. The van der Waals surface area contributed by atoms with Crippen LogP contribution in [-0.2, 0) is 4.74 Å². The van der Waals surface area contributed by atoms with Gasteiger partial charge in [0.2, 0.25) is 0 Å². The van der Waals surface area contributed by atoms with Crippen molar-refractivity contribution in [1.82, 2.24) is 5.32 Å². The van der Waals surface area contributed by atoms with Gasteiger partial charge in [-0.1, -0.05) is 6.92 Å². The van der Waals surface area contributed by atoms with Crippen LogP contribution >= 0.6 is 0 Å². The van der Waals surface area contributed by atoms with Crippen LogP contribution in [0.1, 0.15) is 45.4 Å². The second-order valence-corrected chi connectivity index (χ2v) is 5.59. The monoisotopic (exact) mass is 209 g/mol. The Labute approximate surface area is 92.8 Å². The predicted octanol–water partition coefficient (Wildman–Crippen LogP) is 2.33. The molecular weight excluding hydrogens is 186 g/mol. The van der Waals surface area contributed by atoms with Crippen molar-refractivity contribution in [3.05, 3.63) is 0 Å². The van der Waals surface area contributed by atoms with Crippen molar-refractivity contribution >= 4 is 0 Å². The lowest BCUT2D eigenvalue weighted by Crippen LogP contribution is -2.44. The average molecular weight is 209 g/mol. The lowest BCUT2D eigenvalue weighted by Gasteiger charge is -2.25. The summed E-state index contributed by atoms with van der Waals surface area (Å²) in [5.41, 5.74) is 0. The third-order valence-corrected chi connectivity index (χ3v) is 4.28. The molecule has 3 rings (SSSR count). The molecule has 2 saturated carbocycles. The molecule has 1 N–H and O–H groups in total. The maximum atomic E-state index is 5.87. The van der Waals surface area contributed by atoms with E-state index in [4.69, 9.17) is 4.74 Å². The van der Waals surface area contributed by atoms with E-state index in [9.17, 15) is 0 Å². The van der Waals surface area contributed by atoms with Gasteiger partial charge in [0.25, 0.3) is 0 Å². The Morgan fingerprint density at radius 3 is 2.60 bits per heavy atom. The van der Waals surface area contributed by atoms with Crippen LogP contribution in [0.4, 0.5) is 0 Å². The molecule has 15 heavy (non-hydrogen) atoms. The highest BCUT2D eigenvalue weighted by Crippen LogP contribution is 2.40. The maximum Gasteiger partial charge on any atom is 0.0757 e. The molecule has 1 aliphatic heterocycles. The molecule has 2 heteroatoms. The summed E-state index contributed by atoms with van der Waals surface area (Å²) in [7, 11) is 0. The SMILES string of the molecule is CCC(NC1CCOC1C1CC1)C1CC1. The fraction of sp³-hybridized carbons (Fsp3) is 1.00. The highest BCUT2D eigenvalue weighted by Gasteiger charge is 2.42. The Kier molecular flexibility index (Phi) is 2.73. The molecule has 0 bridgehead atoms. The summed E-state index contributed by atoms with van der Waals surface area (Å²) in [6.07, 6.45) is 8.80. The Balaban J connectivity index is 1.55. The van der Waals surface area contributed by atoms with Gasteiger partial charge in [0, 0.05) is 18.7 Å². The van der Waals surface area contributed by atoms with Crippen molar-refractivity contribution in [1.29, 1.82) is 0 Å². The van der Waals surface area contributed by atoms with Gasteiger partial charge in [-0.15, -0.1) is 0 Å². The molecule has 0 aromatic heterocycles. The standard InChI is InChI=1S/C13H23NO/c1-2-11(9-3-4-9)14-12-7-8-15-13(12)10-5-6-10/h9-14H,2-8H2,1H3. The first-order chi connectivity index (χ1) is 7.38. The summed E-state index contributed by atoms with van der Waals surface area (Å²) >= 11 is 0. The zero-order valence-corrected chi connectivity index (χ0v) is 9.74. The van der Waals surface area contributed by atoms with E-state index < -0.39 is 0 Å². The summed E-state index contributed by atoms with van der Waals surface area (Å²) in [4.78, 5) is 0. The van der Waals surface area contributed by atoms with Crippen molar-refractivity contribution in [3.63, 3.8) is 0 Å². The van der Waals surface area contributed by atoms with Crippen LogP contribution in [-0.4, -0.2) is 24.8 Å². The highest BCUT2D eigenvalue weighted by atomic mass is 16.5. The number of hydrogen-bond donors (Lipinski definition) is 1. The third-order valence-electron chi connectivity index (χ3n) is 4.28. The Bertz CT molecular complexity index is 223. The van der Waals surface area contributed by atoms with Gasteiger partial charge in [-0.05, 0) is 50.4 Å². The van der Waals surface area contributed by atoms with E-state index in [2.05, 4.69) is 12.2 Å². The Morgan fingerprint density at radius 1 is 1.20 bits per heavy atom. The molecule has 3 fully saturated rings. The quantitative estimate of drug-likeness (QED) is 0.750. The first kappa shape index (κ1) is 10.1. The molecule has 1 saturated heterocycles. The minimum Gasteiger partial charge on any atom is -0.376 e. The molecule has 1 heterocycles. The number of rotatable bonds is 5. The van der Waals surface area contributed by atoms with Crippen molar-refractivity contribution in [2.75, 3.05) is 6.61 Å². The van der Waals surface area contributed by atoms with E-state index in [-0.39, 0.29) is 0 Å². The van der Waals surface area contributed by atoms with Crippen molar-refractivity contribution in [2.24, 2.45) is 11.8 Å². The number of hydrogen-bond acceptors (Lipinski definition) is 2. The van der Waals surface area contributed by atoms with Crippen LogP contribution in [0.3, 0.4) is 0 Å². The van der Waals surface area contributed by atoms with E-state index in [1.54, 1.807) is 0 Å². The van der Waals surface area contributed by atoms with E-state index in [1.165, 1.54) is 38.5 Å². The second kappa shape index (κ2) is 4.06. The Morgan fingerprint density at radius 2 is 2.00 bits per heavy atom. The summed E-state index contributed by atoms with van der Waals surface area (Å²) in [5.74, 6) is 1.87. The van der Waals surface area contributed by atoms with Gasteiger partial charge in [-0.3, -0.25) is 0 Å². The topological polar surface area (TPSA) is 21.3 Å². The van der Waals surface area contributed by atoms with E-state index in [0.717, 1.165) is 24.5 Å². The number of ether oxygens (including phenoxy) is 1. The molecule has 0 aromatic carbocycles. The van der Waals surface area contributed by atoms with Crippen LogP contribution in [0.5, 0.6) is 0 Å². The van der Waals surface area contributed by atoms with Crippen molar-refractivity contribution in [2.45, 2.75) is 63.6 Å². The van der Waals surface area contributed by atoms with Gasteiger partial charge < -0.3 is 10.1 Å². The predicted molar refractivity (Wildman–Crippen MR) is 60.8 cm³/mol. The molecule has 0 spiro atoms. The minimum atomic E-state index is 0.554. The minimum absolute atomic E-state index is 0.554. The molecule has 2 aliphatic carbocycles. The van der Waals surface area contributed by atoms with E-state index in [0.29, 0.717) is 12.1 Å². The summed E-state index contributed by atoms with van der Waals surface area (Å²) in [6.45, 7) is 3.30. The fourth-order valence-corrected chi connectivity index (χ4v) is 3.04. The third kappa shape index (κ3) is 2.21. The first-order valence-corrected chi connectivity index (χ1v) is 6.76. The molecule has 0 aromatic rings. The molecule has 2 nitrogen and oxygen atoms in total. The Hall–Kier alpha value is -0.0800. The van der Waals surface area contributed by atoms with E-state index >= 15 is 0 Å². The average Bonchev–Trinajstić information content (AvgIpc) is 3.14.